The molecule has 2 N–H and O–H groups in total. The third kappa shape index (κ3) is 7.01. The van der Waals surface area contributed by atoms with Crippen LogP contribution in [0.3, 0.4) is 0 Å². The molecule has 0 aliphatic carbocycles. The number of benzene rings is 2. The highest BCUT2D eigenvalue weighted by molar-refractivity contribution is 5.84. The molecule has 1 aromatic heterocycles. The Morgan fingerprint density at radius 3 is 2.28 bits per heavy atom. The molecule has 0 spiro atoms. The van der Waals surface area contributed by atoms with E-state index in [4.69, 9.17) is 4.74 Å². The molecule has 242 valence electrons. The third-order valence-electron chi connectivity index (χ3n) is 10.1. The number of nitrogens with zero attached hydrogens (tertiary/aromatic N) is 4. The van der Waals surface area contributed by atoms with Gasteiger partial charge in [0.05, 0.1) is 18.7 Å². The number of hydrogen-bond acceptors (Lipinski definition) is 7. The summed E-state index contributed by atoms with van der Waals surface area (Å²) in [6.07, 6.45) is 5.33. The number of allylic oxidation sites excluding steroid dienone is 1. The number of hydrogen-bond donors (Lipinski definition) is 2. The second-order valence-corrected chi connectivity index (χ2v) is 15.2. The summed E-state index contributed by atoms with van der Waals surface area (Å²) in [6, 6.07) is 19.2. The lowest BCUT2D eigenvalue weighted by Crippen LogP contribution is -2.57. The second-order valence-electron chi connectivity index (χ2n) is 15.2. The highest BCUT2D eigenvalue weighted by Gasteiger charge is 2.43. The van der Waals surface area contributed by atoms with Crippen LogP contribution in [0.1, 0.15) is 96.0 Å². The van der Waals surface area contributed by atoms with Crippen molar-refractivity contribution in [3.63, 3.8) is 0 Å². The molecule has 46 heavy (non-hydrogen) atoms. The van der Waals surface area contributed by atoms with Gasteiger partial charge in [0, 0.05) is 30.7 Å². The van der Waals surface area contributed by atoms with Gasteiger partial charge in [-0.3, -0.25) is 9.88 Å². The topological polar surface area (TPSA) is 97.0 Å². The Hall–Kier alpha value is -4.07. The van der Waals surface area contributed by atoms with Gasteiger partial charge in [0.2, 0.25) is 0 Å². The Kier molecular flexibility index (Phi) is 9.66. The summed E-state index contributed by atoms with van der Waals surface area (Å²) < 4.78 is 5.62. The van der Waals surface area contributed by atoms with Gasteiger partial charge in [-0.1, -0.05) is 73.1 Å². The molecule has 0 saturated carbocycles. The molecule has 3 aliphatic heterocycles. The zero-order valence-electron chi connectivity index (χ0n) is 28.9. The van der Waals surface area contributed by atoms with Crippen LogP contribution in [-0.2, 0) is 17.4 Å². The number of pyridine rings is 1. The van der Waals surface area contributed by atoms with Crippen LogP contribution in [0.5, 0.6) is 5.75 Å². The normalized spacial score (nSPS) is 21.6. The van der Waals surface area contributed by atoms with E-state index in [2.05, 4.69) is 111 Å². The fourth-order valence-corrected chi connectivity index (χ4v) is 7.27. The van der Waals surface area contributed by atoms with E-state index in [1.807, 2.05) is 18.3 Å². The van der Waals surface area contributed by atoms with Gasteiger partial charge < -0.3 is 15.4 Å². The van der Waals surface area contributed by atoms with Crippen molar-refractivity contribution >= 4 is 10.9 Å². The SMILES string of the molecule is CC[C@H]1CN2CC[C@H]1C[C@H]2[C@@H](NC(NCc1cc(C(C)(C)C)cc(C(C)(C)C)c1)=C(C#N)C#N)c1ccnc2ccc(OC)cc12. The van der Waals surface area contributed by atoms with Gasteiger partial charge in [-0.05, 0) is 88.6 Å². The summed E-state index contributed by atoms with van der Waals surface area (Å²) >= 11 is 0. The van der Waals surface area contributed by atoms with Crippen molar-refractivity contribution < 1.29 is 4.74 Å². The predicted octanol–water partition coefficient (Wildman–Crippen LogP) is 7.64. The van der Waals surface area contributed by atoms with Crippen LogP contribution < -0.4 is 15.4 Å². The van der Waals surface area contributed by atoms with Crippen molar-refractivity contribution in [2.45, 2.75) is 97.2 Å². The number of rotatable bonds is 9. The van der Waals surface area contributed by atoms with Gasteiger partial charge in [-0.2, -0.15) is 10.5 Å². The van der Waals surface area contributed by atoms with E-state index in [0.29, 0.717) is 24.2 Å². The van der Waals surface area contributed by atoms with E-state index >= 15 is 0 Å². The zero-order valence-corrected chi connectivity index (χ0v) is 28.9. The molecule has 7 nitrogen and oxygen atoms in total. The quantitative estimate of drug-likeness (QED) is 0.238. The van der Waals surface area contributed by atoms with Crippen molar-refractivity contribution in [2.24, 2.45) is 11.8 Å². The number of aromatic nitrogens is 1. The summed E-state index contributed by atoms with van der Waals surface area (Å²) in [5, 5.41) is 28.6. The van der Waals surface area contributed by atoms with Crippen molar-refractivity contribution in [3.8, 4) is 17.9 Å². The van der Waals surface area contributed by atoms with Gasteiger partial charge in [-0.15, -0.1) is 0 Å². The van der Waals surface area contributed by atoms with Gasteiger partial charge >= 0.3 is 0 Å². The average molecular weight is 619 g/mol. The van der Waals surface area contributed by atoms with Gasteiger partial charge in [0.1, 0.15) is 23.7 Å². The largest absolute Gasteiger partial charge is 0.497 e. The molecule has 3 saturated heterocycles. The van der Waals surface area contributed by atoms with Gasteiger partial charge in [0.25, 0.3) is 0 Å². The first-order chi connectivity index (χ1) is 21.9. The average Bonchev–Trinajstić information content (AvgIpc) is 3.04. The molecule has 3 aliphatic rings. The summed E-state index contributed by atoms with van der Waals surface area (Å²) in [5.41, 5.74) is 5.65. The summed E-state index contributed by atoms with van der Waals surface area (Å²) in [6.45, 7) is 18.3. The van der Waals surface area contributed by atoms with E-state index < -0.39 is 0 Å². The van der Waals surface area contributed by atoms with Crippen molar-refractivity contribution in [1.29, 1.82) is 10.5 Å². The maximum Gasteiger partial charge on any atom is 0.169 e. The van der Waals surface area contributed by atoms with E-state index in [1.165, 1.54) is 24.0 Å². The maximum absolute atomic E-state index is 10.2. The number of fused-ring (bicyclic) bond motifs is 4. The Morgan fingerprint density at radius 2 is 1.72 bits per heavy atom. The Labute approximate surface area is 275 Å². The number of nitrogens with one attached hydrogen (secondary N) is 2. The van der Waals surface area contributed by atoms with Gasteiger partial charge in [-0.25, -0.2) is 0 Å². The van der Waals surface area contributed by atoms with Crippen LogP contribution in [-0.4, -0.2) is 36.1 Å². The minimum atomic E-state index is -0.177. The van der Waals surface area contributed by atoms with Crippen LogP contribution in [0.15, 0.2) is 60.1 Å². The molecular weight excluding hydrogens is 568 g/mol. The first-order valence-electron chi connectivity index (χ1n) is 16.7. The van der Waals surface area contributed by atoms with Crippen molar-refractivity contribution in [2.75, 3.05) is 20.2 Å². The number of piperidine rings is 3. The standard InChI is InChI=1S/C39H50N6O/c1-9-26-24-45-15-13-27(26)18-35(45)36(32-12-14-42-34-11-10-31(46-8)20-33(32)34)44-37(28(21-40)22-41)43-23-25-16-29(38(2,3)4)19-30(17-25)39(5,6)7/h10-12,14,16-17,19-20,26-27,35-36,43-44H,9,13,15,18,23-24H2,1-8H3/t26-,27-,35-,36-/m0/s1. The van der Waals surface area contributed by atoms with Crippen LogP contribution >= 0.6 is 0 Å². The molecule has 6 rings (SSSR count). The molecule has 4 heterocycles. The predicted molar refractivity (Wildman–Crippen MR) is 185 cm³/mol. The Bertz CT molecular complexity index is 1630. The highest BCUT2D eigenvalue weighted by Crippen LogP contribution is 2.43. The molecule has 5 atom stereocenters. The number of methoxy groups -OCH3 is 1. The first-order valence-corrected chi connectivity index (χ1v) is 16.7. The lowest BCUT2D eigenvalue weighted by Gasteiger charge is -2.52. The molecule has 0 radical (unpaired) electrons. The molecule has 0 amide bonds. The van der Waals surface area contributed by atoms with Crippen LogP contribution in [0.4, 0.5) is 0 Å². The number of nitriles is 2. The van der Waals surface area contributed by atoms with Crippen LogP contribution in [0.2, 0.25) is 0 Å². The van der Waals surface area contributed by atoms with Crippen molar-refractivity contribution in [3.05, 3.63) is 82.3 Å². The Balaban J connectivity index is 1.57. The van der Waals surface area contributed by atoms with Crippen LogP contribution in [0, 0.1) is 34.5 Å². The van der Waals surface area contributed by atoms with E-state index in [1.54, 1.807) is 7.11 Å². The first kappa shape index (κ1) is 33.3. The lowest BCUT2D eigenvalue weighted by atomic mass is 9.72. The smallest absolute Gasteiger partial charge is 0.169 e. The third-order valence-corrected chi connectivity index (χ3v) is 10.1. The highest BCUT2D eigenvalue weighted by atomic mass is 16.5. The monoisotopic (exact) mass is 618 g/mol. The molecule has 3 aromatic rings. The maximum atomic E-state index is 10.2. The molecular formula is C39H50N6O. The van der Waals surface area contributed by atoms with E-state index in [9.17, 15) is 10.5 Å². The number of ether oxygens (including phenoxy) is 1. The lowest BCUT2D eigenvalue weighted by molar-refractivity contribution is -0.0149. The summed E-state index contributed by atoms with van der Waals surface area (Å²) in [4.78, 5) is 7.29. The molecule has 2 aromatic carbocycles. The van der Waals surface area contributed by atoms with Gasteiger partial charge in [0.15, 0.2) is 5.57 Å². The second kappa shape index (κ2) is 13.3. The molecule has 1 unspecified atom stereocenters. The van der Waals surface area contributed by atoms with Crippen molar-refractivity contribution in [1.82, 2.24) is 20.5 Å². The Morgan fingerprint density at radius 1 is 1.02 bits per heavy atom. The fraction of sp³-hybridized carbons (Fsp3) is 0.513. The summed E-state index contributed by atoms with van der Waals surface area (Å²) in [7, 11) is 1.68. The fourth-order valence-electron chi connectivity index (χ4n) is 7.27. The summed E-state index contributed by atoms with van der Waals surface area (Å²) in [5.74, 6) is 2.61. The van der Waals surface area contributed by atoms with E-state index in [-0.39, 0.29) is 28.5 Å². The molecule has 3 fully saturated rings. The minimum absolute atomic E-state index is 0.0168. The van der Waals surface area contributed by atoms with E-state index in [0.717, 1.165) is 47.3 Å². The minimum Gasteiger partial charge on any atom is -0.497 e. The molecule has 7 heteroatoms. The van der Waals surface area contributed by atoms with Crippen LogP contribution in [0.25, 0.3) is 10.9 Å². The molecule has 2 bridgehead atoms. The zero-order chi connectivity index (χ0) is 33.2.